The Kier molecular flexibility index (Phi) is 6.76. The highest BCUT2D eigenvalue weighted by Gasteiger charge is 2.24. The fraction of sp³-hybridized carbons (Fsp3) is 0.238. The lowest BCUT2D eigenvalue weighted by Gasteiger charge is -2.28. The van der Waals surface area contributed by atoms with Crippen LogP contribution in [0.1, 0.15) is 15.9 Å². The minimum Gasteiger partial charge on any atom is -0.496 e. The van der Waals surface area contributed by atoms with Crippen molar-refractivity contribution < 1.29 is 24.0 Å². The summed E-state index contributed by atoms with van der Waals surface area (Å²) in [7, 11) is 1.51. The molecule has 1 N–H and O–H groups in total. The van der Waals surface area contributed by atoms with Crippen LogP contribution < -0.4 is 10.1 Å². The molecule has 1 aliphatic heterocycles. The zero-order chi connectivity index (χ0) is 21.5. The van der Waals surface area contributed by atoms with E-state index in [2.05, 4.69) is 5.32 Å². The van der Waals surface area contributed by atoms with Gasteiger partial charge in [-0.25, -0.2) is 0 Å². The first kappa shape index (κ1) is 21.0. The van der Waals surface area contributed by atoms with Crippen LogP contribution in [0.25, 0.3) is 5.57 Å². The average molecular weight is 411 g/mol. The van der Waals surface area contributed by atoms with Crippen LogP contribution >= 0.6 is 0 Å². The number of morpholine rings is 1. The lowest BCUT2D eigenvalue weighted by molar-refractivity contribution is -0.384. The van der Waals surface area contributed by atoms with E-state index in [4.69, 9.17) is 9.47 Å². The first-order valence-electron chi connectivity index (χ1n) is 9.27. The van der Waals surface area contributed by atoms with Crippen LogP contribution in [0.4, 0.5) is 5.69 Å². The van der Waals surface area contributed by atoms with Crippen molar-refractivity contribution in [3.63, 3.8) is 0 Å². The van der Waals surface area contributed by atoms with Crippen molar-refractivity contribution in [1.82, 2.24) is 10.2 Å². The van der Waals surface area contributed by atoms with Gasteiger partial charge < -0.3 is 19.7 Å². The van der Waals surface area contributed by atoms with Crippen molar-refractivity contribution in [2.75, 3.05) is 33.4 Å². The summed E-state index contributed by atoms with van der Waals surface area (Å²) in [5.74, 6) is -0.256. The molecule has 0 aromatic heterocycles. The van der Waals surface area contributed by atoms with Crippen molar-refractivity contribution in [2.45, 2.75) is 0 Å². The topological polar surface area (TPSA) is 111 Å². The summed E-state index contributed by atoms with van der Waals surface area (Å²) in [6.07, 6.45) is 1.35. The number of rotatable bonds is 6. The quantitative estimate of drug-likeness (QED) is 0.443. The van der Waals surface area contributed by atoms with Gasteiger partial charge >= 0.3 is 0 Å². The maximum absolute atomic E-state index is 13.2. The first-order chi connectivity index (χ1) is 14.5. The molecule has 0 saturated carbocycles. The van der Waals surface area contributed by atoms with Crippen molar-refractivity contribution in [1.29, 1.82) is 0 Å². The van der Waals surface area contributed by atoms with Gasteiger partial charge in [0.1, 0.15) is 5.75 Å². The molecule has 1 saturated heterocycles. The zero-order valence-electron chi connectivity index (χ0n) is 16.4. The highest BCUT2D eigenvalue weighted by Crippen LogP contribution is 2.27. The third kappa shape index (κ3) is 4.81. The van der Waals surface area contributed by atoms with Crippen LogP contribution in [0.15, 0.2) is 54.7 Å². The van der Waals surface area contributed by atoms with E-state index >= 15 is 0 Å². The molecule has 0 bridgehead atoms. The molecule has 1 aliphatic rings. The summed E-state index contributed by atoms with van der Waals surface area (Å²) in [6, 6.07) is 12.2. The molecule has 0 aliphatic carbocycles. The molecule has 30 heavy (non-hydrogen) atoms. The second-order valence-electron chi connectivity index (χ2n) is 6.44. The Morgan fingerprint density at radius 2 is 1.80 bits per heavy atom. The number of hydrogen-bond donors (Lipinski definition) is 1. The van der Waals surface area contributed by atoms with Gasteiger partial charge in [0, 0.05) is 42.5 Å². The van der Waals surface area contributed by atoms with Crippen molar-refractivity contribution in [3.8, 4) is 5.75 Å². The third-order valence-corrected chi connectivity index (χ3v) is 4.61. The molecule has 0 atom stereocenters. The number of carbonyl (C=O) groups excluding carboxylic acids is 2. The van der Waals surface area contributed by atoms with Crippen LogP contribution in [-0.2, 0) is 9.53 Å². The van der Waals surface area contributed by atoms with Gasteiger partial charge in [0.15, 0.2) is 0 Å². The smallest absolute Gasteiger partial charge is 0.269 e. The molecule has 1 fully saturated rings. The molecule has 0 radical (unpaired) electrons. The molecule has 2 amide bonds. The number of para-hydroxylation sites is 1. The number of non-ortho nitro benzene ring substituents is 1. The van der Waals surface area contributed by atoms with Crippen LogP contribution in [0.3, 0.4) is 0 Å². The number of nitro benzene ring substituents is 1. The van der Waals surface area contributed by atoms with Gasteiger partial charge in [-0.05, 0) is 18.2 Å². The van der Waals surface area contributed by atoms with Gasteiger partial charge in [-0.1, -0.05) is 18.2 Å². The SMILES string of the molecule is COc1ccccc1C(=CNC(=O)c1ccc([N+](=O)[O-])cc1)C(=O)N1CCOCC1. The van der Waals surface area contributed by atoms with Gasteiger partial charge in [0.2, 0.25) is 0 Å². The normalized spacial score (nSPS) is 14.2. The average Bonchev–Trinajstić information content (AvgIpc) is 2.79. The Hall–Kier alpha value is -3.72. The Labute approximate surface area is 173 Å². The van der Waals surface area contributed by atoms with Crippen LogP contribution in [0.2, 0.25) is 0 Å². The predicted molar refractivity (Wildman–Crippen MR) is 109 cm³/mol. The van der Waals surface area contributed by atoms with E-state index in [1.807, 2.05) is 0 Å². The van der Waals surface area contributed by atoms with E-state index in [1.54, 1.807) is 29.2 Å². The van der Waals surface area contributed by atoms with E-state index in [0.29, 0.717) is 37.6 Å². The standard InChI is InChI=1S/C21H21N3O6/c1-29-19-5-3-2-4-17(19)18(21(26)23-10-12-30-13-11-23)14-22-20(25)15-6-8-16(9-7-15)24(27)28/h2-9,14H,10-13H2,1H3,(H,22,25). The summed E-state index contributed by atoms with van der Waals surface area (Å²) in [6.45, 7) is 1.78. The molecule has 0 spiro atoms. The second kappa shape index (κ2) is 9.66. The lowest BCUT2D eigenvalue weighted by atomic mass is 10.0. The largest absolute Gasteiger partial charge is 0.496 e. The van der Waals surface area contributed by atoms with Gasteiger partial charge in [-0.2, -0.15) is 0 Å². The van der Waals surface area contributed by atoms with Gasteiger partial charge in [-0.3, -0.25) is 19.7 Å². The summed E-state index contributed by atoms with van der Waals surface area (Å²) in [5, 5.41) is 13.4. The highest BCUT2D eigenvalue weighted by atomic mass is 16.6. The van der Waals surface area contributed by atoms with E-state index < -0.39 is 10.8 Å². The van der Waals surface area contributed by atoms with E-state index in [1.165, 1.54) is 37.6 Å². The van der Waals surface area contributed by atoms with Crippen LogP contribution in [-0.4, -0.2) is 55.1 Å². The number of nitrogens with one attached hydrogen (secondary N) is 1. The predicted octanol–water partition coefficient (Wildman–Crippen LogP) is 2.23. The van der Waals surface area contributed by atoms with E-state index in [9.17, 15) is 19.7 Å². The molecule has 3 rings (SSSR count). The van der Waals surface area contributed by atoms with Crippen LogP contribution in [0, 0.1) is 10.1 Å². The number of carbonyl (C=O) groups is 2. The van der Waals surface area contributed by atoms with Crippen LogP contribution in [0.5, 0.6) is 5.75 Å². The number of benzene rings is 2. The fourth-order valence-corrected chi connectivity index (χ4v) is 3.01. The number of amides is 2. The van der Waals surface area contributed by atoms with Crippen molar-refractivity contribution in [3.05, 3.63) is 76.0 Å². The lowest BCUT2D eigenvalue weighted by Crippen LogP contribution is -2.41. The van der Waals surface area contributed by atoms with Crippen molar-refractivity contribution in [2.24, 2.45) is 0 Å². The summed E-state index contributed by atoms with van der Waals surface area (Å²) >= 11 is 0. The molecule has 2 aromatic rings. The fourth-order valence-electron chi connectivity index (χ4n) is 3.01. The molecular formula is C21H21N3O6. The molecule has 2 aromatic carbocycles. The van der Waals surface area contributed by atoms with E-state index in [0.717, 1.165) is 0 Å². The first-order valence-corrected chi connectivity index (χ1v) is 9.27. The summed E-state index contributed by atoms with van der Waals surface area (Å²) in [5.41, 5.74) is 0.930. The monoisotopic (exact) mass is 411 g/mol. The summed E-state index contributed by atoms with van der Waals surface area (Å²) in [4.78, 5) is 37.6. The third-order valence-electron chi connectivity index (χ3n) is 4.61. The molecule has 9 nitrogen and oxygen atoms in total. The number of nitrogens with zero attached hydrogens (tertiary/aromatic N) is 2. The van der Waals surface area contributed by atoms with Gasteiger partial charge in [0.25, 0.3) is 17.5 Å². The number of hydrogen-bond acceptors (Lipinski definition) is 6. The number of ether oxygens (including phenoxy) is 2. The minimum atomic E-state index is -0.539. The van der Waals surface area contributed by atoms with E-state index in [-0.39, 0.29) is 22.7 Å². The second-order valence-corrected chi connectivity index (χ2v) is 6.44. The molecular weight excluding hydrogens is 390 g/mol. The summed E-state index contributed by atoms with van der Waals surface area (Å²) < 4.78 is 10.7. The minimum absolute atomic E-state index is 0.112. The molecule has 9 heteroatoms. The zero-order valence-corrected chi connectivity index (χ0v) is 16.4. The molecule has 0 unspecified atom stereocenters. The maximum atomic E-state index is 13.2. The molecule has 156 valence electrons. The Morgan fingerprint density at radius 1 is 1.13 bits per heavy atom. The molecule has 1 heterocycles. The van der Waals surface area contributed by atoms with Crippen molar-refractivity contribution >= 4 is 23.1 Å². The van der Waals surface area contributed by atoms with Gasteiger partial charge in [-0.15, -0.1) is 0 Å². The Balaban J connectivity index is 1.88. The maximum Gasteiger partial charge on any atom is 0.269 e. The number of nitro groups is 1. The Bertz CT molecular complexity index is 965. The highest BCUT2D eigenvalue weighted by molar-refractivity contribution is 6.20. The van der Waals surface area contributed by atoms with Gasteiger partial charge in [0.05, 0.1) is 30.8 Å². The number of methoxy groups -OCH3 is 1. The Morgan fingerprint density at radius 3 is 2.43 bits per heavy atom.